The number of carboxylic acids is 1. The molecule has 1 aromatic rings. The molecule has 116 valence electrons. The molecule has 6 N–H and O–H groups in total. The number of rotatable bonds is 6. The van der Waals surface area contributed by atoms with E-state index in [2.05, 4.69) is 5.32 Å². The highest BCUT2D eigenvalue weighted by molar-refractivity contribution is 5.85. The van der Waals surface area contributed by atoms with E-state index >= 15 is 0 Å². The van der Waals surface area contributed by atoms with Crippen molar-refractivity contribution in [1.29, 1.82) is 0 Å². The van der Waals surface area contributed by atoms with Crippen molar-refractivity contribution in [3.05, 3.63) is 23.8 Å². The predicted molar refractivity (Wildman–Crippen MR) is 75.9 cm³/mol. The Bertz CT molecular complexity index is 530. The van der Waals surface area contributed by atoms with Crippen molar-refractivity contribution in [2.24, 2.45) is 11.7 Å². The second kappa shape index (κ2) is 6.94. The van der Waals surface area contributed by atoms with Gasteiger partial charge in [0.05, 0.1) is 0 Å². The Balaban J connectivity index is 2.81. The number of hydrogen-bond donors (Lipinski definition) is 5. The highest BCUT2D eigenvalue weighted by atomic mass is 16.4. The van der Waals surface area contributed by atoms with Crippen LogP contribution in [0.3, 0.4) is 0 Å². The number of amides is 1. The first kappa shape index (κ1) is 16.8. The van der Waals surface area contributed by atoms with Gasteiger partial charge in [0, 0.05) is 18.4 Å². The zero-order valence-corrected chi connectivity index (χ0v) is 11.9. The molecule has 7 nitrogen and oxygen atoms in total. The molecule has 1 aromatic carbocycles. The zero-order chi connectivity index (χ0) is 16.2. The Morgan fingerprint density at radius 1 is 1.24 bits per heavy atom. The van der Waals surface area contributed by atoms with Crippen LogP contribution in [0.5, 0.6) is 11.5 Å². The summed E-state index contributed by atoms with van der Waals surface area (Å²) in [7, 11) is 0. The summed E-state index contributed by atoms with van der Waals surface area (Å²) in [6, 6.07) is 2.47. The summed E-state index contributed by atoms with van der Waals surface area (Å²) < 4.78 is 0. The number of aliphatic carboxylic acids is 1. The molecule has 2 unspecified atom stereocenters. The molecule has 0 fully saturated rings. The number of carbonyl (C=O) groups excluding carboxylic acids is 1. The van der Waals surface area contributed by atoms with Gasteiger partial charge in [-0.2, -0.15) is 0 Å². The molecule has 0 aliphatic carbocycles. The van der Waals surface area contributed by atoms with Crippen LogP contribution in [0, 0.1) is 5.92 Å². The first-order valence-corrected chi connectivity index (χ1v) is 6.52. The summed E-state index contributed by atoms with van der Waals surface area (Å²) in [4.78, 5) is 23.1. The van der Waals surface area contributed by atoms with Gasteiger partial charge < -0.3 is 26.4 Å². The van der Waals surface area contributed by atoms with Gasteiger partial charge in [-0.15, -0.1) is 0 Å². The molecule has 0 saturated heterocycles. The maximum Gasteiger partial charge on any atom is 0.326 e. The minimum Gasteiger partial charge on any atom is -0.504 e. The van der Waals surface area contributed by atoms with E-state index in [1.165, 1.54) is 18.2 Å². The molecule has 1 amide bonds. The summed E-state index contributed by atoms with van der Waals surface area (Å²) in [6.45, 7) is 3.28. The van der Waals surface area contributed by atoms with Gasteiger partial charge in [-0.05, 0) is 24.6 Å². The van der Waals surface area contributed by atoms with Crippen molar-refractivity contribution in [2.45, 2.75) is 32.4 Å². The minimum atomic E-state index is -1.19. The lowest BCUT2D eigenvalue weighted by Gasteiger charge is -2.20. The number of carboxylic acid groups (broad SMARTS) is 1. The Morgan fingerprint density at radius 2 is 1.86 bits per heavy atom. The van der Waals surface area contributed by atoms with Gasteiger partial charge in [0.2, 0.25) is 5.91 Å². The summed E-state index contributed by atoms with van der Waals surface area (Å²) in [6.07, 6.45) is -0.0133. The van der Waals surface area contributed by atoms with E-state index in [-0.39, 0.29) is 17.9 Å². The molecule has 21 heavy (non-hydrogen) atoms. The van der Waals surface area contributed by atoms with E-state index in [1.54, 1.807) is 13.8 Å². The van der Waals surface area contributed by atoms with Gasteiger partial charge in [0.25, 0.3) is 0 Å². The second-order valence-corrected chi connectivity index (χ2v) is 5.07. The number of hydrogen-bond acceptors (Lipinski definition) is 5. The highest BCUT2D eigenvalue weighted by Crippen LogP contribution is 2.25. The van der Waals surface area contributed by atoms with E-state index < -0.39 is 29.9 Å². The standard InChI is InChI=1S/C14H20N2O5/c1-7(8(2)15)13(19)16-10(14(20)21)5-9-3-4-11(17)12(18)6-9/h3-4,6-8,10,17-18H,5,15H2,1-2H3,(H,16,19)(H,20,21)/t7?,8?,10-/m0/s1. The van der Waals surface area contributed by atoms with Crippen LogP contribution >= 0.6 is 0 Å². The molecule has 0 aromatic heterocycles. The van der Waals surface area contributed by atoms with Crippen LogP contribution in [0.25, 0.3) is 0 Å². The first-order chi connectivity index (χ1) is 9.72. The molecular weight excluding hydrogens is 276 g/mol. The van der Waals surface area contributed by atoms with E-state index in [0.29, 0.717) is 5.56 Å². The van der Waals surface area contributed by atoms with Gasteiger partial charge in [0.1, 0.15) is 6.04 Å². The maximum absolute atomic E-state index is 11.9. The summed E-state index contributed by atoms with van der Waals surface area (Å²) in [5.74, 6) is -2.78. The predicted octanol–water partition coefficient (Wildman–Crippen LogP) is 0.193. The fraction of sp³-hybridized carbons (Fsp3) is 0.429. The van der Waals surface area contributed by atoms with Crippen LogP contribution in [-0.2, 0) is 16.0 Å². The topological polar surface area (TPSA) is 133 Å². The number of nitrogens with two attached hydrogens (primary N) is 1. The Labute approximate surface area is 122 Å². The smallest absolute Gasteiger partial charge is 0.326 e. The third-order valence-electron chi connectivity index (χ3n) is 3.30. The van der Waals surface area contributed by atoms with Gasteiger partial charge in [-0.25, -0.2) is 4.79 Å². The molecule has 0 aliphatic rings. The molecule has 7 heteroatoms. The second-order valence-electron chi connectivity index (χ2n) is 5.07. The van der Waals surface area contributed by atoms with E-state index in [0.717, 1.165) is 0 Å². The largest absolute Gasteiger partial charge is 0.504 e. The average molecular weight is 296 g/mol. The molecule has 0 heterocycles. The summed E-state index contributed by atoms with van der Waals surface area (Å²) >= 11 is 0. The lowest BCUT2D eigenvalue weighted by Crippen LogP contribution is -2.47. The number of carbonyl (C=O) groups is 2. The van der Waals surface area contributed by atoms with Crippen molar-refractivity contribution in [2.75, 3.05) is 0 Å². The fourth-order valence-corrected chi connectivity index (χ4v) is 1.67. The molecule has 1 rings (SSSR count). The quantitative estimate of drug-likeness (QED) is 0.476. The fourth-order valence-electron chi connectivity index (χ4n) is 1.67. The highest BCUT2D eigenvalue weighted by Gasteiger charge is 2.25. The normalized spacial score (nSPS) is 15.0. The summed E-state index contributed by atoms with van der Waals surface area (Å²) in [5, 5.41) is 30.2. The molecule has 0 spiro atoms. The third-order valence-corrected chi connectivity index (χ3v) is 3.30. The maximum atomic E-state index is 11.9. The molecule has 0 bridgehead atoms. The van der Waals surface area contributed by atoms with E-state index in [9.17, 15) is 19.8 Å². The lowest BCUT2D eigenvalue weighted by atomic mass is 10.0. The van der Waals surface area contributed by atoms with Crippen molar-refractivity contribution < 1.29 is 24.9 Å². The van der Waals surface area contributed by atoms with Crippen LogP contribution in [0.15, 0.2) is 18.2 Å². The van der Waals surface area contributed by atoms with Crippen molar-refractivity contribution in [1.82, 2.24) is 5.32 Å². The van der Waals surface area contributed by atoms with E-state index in [1.807, 2.05) is 0 Å². The zero-order valence-electron chi connectivity index (χ0n) is 11.9. The van der Waals surface area contributed by atoms with Crippen molar-refractivity contribution in [3.63, 3.8) is 0 Å². The number of aromatic hydroxyl groups is 2. The lowest BCUT2D eigenvalue weighted by molar-refractivity contribution is -0.142. The minimum absolute atomic E-state index is 0.0133. The van der Waals surface area contributed by atoms with Crippen LogP contribution < -0.4 is 11.1 Å². The van der Waals surface area contributed by atoms with Crippen LogP contribution in [0.4, 0.5) is 0 Å². The third kappa shape index (κ3) is 4.64. The van der Waals surface area contributed by atoms with E-state index in [4.69, 9.17) is 10.8 Å². The van der Waals surface area contributed by atoms with Crippen LogP contribution in [-0.4, -0.2) is 39.3 Å². The number of phenols is 2. The monoisotopic (exact) mass is 296 g/mol. The van der Waals surface area contributed by atoms with Gasteiger partial charge >= 0.3 is 5.97 Å². The van der Waals surface area contributed by atoms with Crippen LogP contribution in [0.2, 0.25) is 0 Å². The van der Waals surface area contributed by atoms with Crippen molar-refractivity contribution >= 4 is 11.9 Å². The Morgan fingerprint density at radius 3 is 2.33 bits per heavy atom. The van der Waals surface area contributed by atoms with Gasteiger partial charge in [0.15, 0.2) is 11.5 Å². The summed E-state index contributed by atoms with van der Waals surface area (Å²) in [5.41, 5.74) is 6.09. The molecule has 0 radical (unpaired) electrons. The SMILES string of the molecule is CC(N)C(C)C(=O)N[C@@H](Cc1ccc(O)c(O)c1)C(=O)O. The molecule has 3 atom stereocenters. The van der Waals surface area contributed by atoms with Gasteiger partial charge in [-0.1, -0.05) is 13.0 Å². The number of nitrogens with one attached hydrogen (secondary N) is 1. The Kier molecular flexibility index (Phi) is 5.54. The average Bonchev–Trinajstić information content (AvgIpc) is 2.40. The number of phenolic OH excluding ortho intramolecular Hbond substituents is 2. The van der Waals surface area contributed by atoms with Crippen LogP contribution in [0.1, 0.15) is 19.4 Å². The molecule has 0 saturated carbocycles. The first-order valence-electron chi connectivity index (χ1n) is 6.52. The van der Waals surface area contributed by atoms with Gasteiger partial charge in [-0.3, -0.25) is 4.79 Å². The Hall–Kier alpha value is -2.28. The molecular formula is C14H20N2O5. The number of benzene rings is 1. The molecule has 0 aliphatic heterocycles. The van der Waals surface area contributed by atoms with Crippen molar-refractivity contribution in [3.8, 4) is 11.5 Å².